The van der Waals surface area contributed by atoms with Crippen molar-refractivity contribution >= 4 is 43.8 Å². The highest BCUT2D eigenvalue weighted by Gasteiger charge is 2.26. The molecule has 1 aromatic heterocycles. The average Bonchev–Trinajstić information content (AvgIpc) is 2.54. The number of hydrogen-bond donors (Lipinski definition) is 0. The number of halogens is 1. The van der Waals surface area contributed by atoms with Gasteiger partial charge < -0.3 is 4.90 Å². The molecule has 1 fully saturated rings. The first-order chi connectivity index (χ1) is 11.8. The fraction of sp³-hybridized carbons (Fsp3) is 0.444. The first kappa shape index (κ1) is 18.1. The standard InChI is InChI=1S/C18H21ClN2O3S/c1-12(22)15-10-16(19)14-4-3-7-20-17(14)18(15)21-8-5-13(6-9-21)11-25(2,23)24/h3-4,7,10,13H,5-6,8-9,11H2,1-2H3. The molecule has 0 atom stereocenters. The number of piperidine rings is 1. The van der Waals surface area contributed by atoms with E-state index < -0.39 is 9.84 Å². The van der Waals surface area contributed by atoms with Crippen LogP contribution in [-0.4, -0.2) is 44.3 Å². The van der Waals surface area contributed by atoms with E-state index in [2.05, 4.69) is 9.88 Å². The fourth-order valence-electron chi connectivity index (χ4n) is 3.53. The summed E-state index contributed by atoms with van der Waals surface area (Å²) in [4.78, 5) is 18.8. The van der Waals surface area contributed by atoms with Crippen LogP contribution < -0.4 is 4.90 Å². The fourth-order valence-corrected chi connectivity index (χ4v) is 4.98. The van der Waals surface area contributed by atoms with Gasteiger partial charge in [0.15, 0.2) is 5.78 Å². The monoisotopic (exact) mass is 380 g/mol. The van der Waals surface area contributed by atoms with E-state index in [-0.39, 0.29) is 17.5 Å². The van der Waals surface area contributed by atoms with Gasteiger partial charge in [0.25, 0.3) is 0 Å². The van der Waals surface area contributed by atoms with Crippen LogP contribution >= 0.6 is 11.6 Å². The Kier molecular flexibility index (Phi) is 5.02. The van der Waals surface area contributed by atoms with Crippen LogP contribution in [0.25, 0.3) is 10.9 Å². The van der Waals surface area contributed by atoms with Crippen molar-refractivity contribution in [3.8, 4) is 0 Å². The first-order valence-electron chi connectivity index (χ1n) is 8.27. The van der Waals surface area contributed by atoms with E-state index in [1.807, 2.05) is 12.1 Å². The Morgan fingerprint density at radius 2 is 2.04 bits per heavy atom. The van der Waals surface area contributed by atoms with Crippen LogP contribution in [0.2, 0.25) is 5.02 Å². The van der Waals surface area contributed by atoms with Crippen molar-refractivity contribution in [2.75, 3.05) is 30.0 Å². The van der Waals surface area contributed by atoms with Crippen molar-refractivity contribution in [3.63, 3.8) is 0 Å². The molecule has 1 saturated heterocycles. The molecule has 0 spiro atoms. The first-order valence-corrected chi connectivity index (χ1v) is 10.7. The molecule has 5 nitrogen and oxygen atoms in total. The molecule has 2 aromatic rings. The van der Waals surface area contributed by atoms with Crippen LogP contribution in [0, 0.1) is 5.92 Å². The smallest absolute Gasteiger partial charge is 0.162 e. The minimum Gasteiger partial charge on any atom is -0.369 e. The molecule has 0 aliphatic carbocycles. The molecule has 134 valence electrons. The summed E-state index contributed by atoms with van der Waals surface area (Å²) >= 11 is 6.34. The van der Waals surface area contributed by atoms with Gasteiger partial charge in [0.2, 0.25) is 0 Å². The molecule has 1 aromatic carbocycles. The highest BCUT2D eigenvalue weighted by molar-refractivity contribution is 7.90. The van der Waals surface area contributed by atoms with E-state index >= 15 is 0 Å². The molecule has 1 aliphatic rings. The van der Waals surface area contributed by atoms with Crippen molar-refractivity contribution in [1.29, 1.82) is 0 Å². The number of fused-ring (bicyclic) bond motifs is 1. The molecule has 0 amide bonds. The third kappa shape index (κ3) is 3.96. The van der Waals surface area contributed by atoms with Crippen LogP contribution in [0.1, 0.15) is 30.1 Å². The van der Waals surface area contributed by atoms with Gasteiger partial charge in [0, 0.05) is 36.5 Å². The van der Waals surface area contributed by atoms with Gasteiger partial charge in [-0.25, -0.2) is 8.42 Å². The average molecular weight is 381 g/mol. The molecule has 3 rings (SSSR count). The van der Waals surface area contributed by atoms with Gasteiger partial charge in [-0.15, -0.1) is 0 Å². The third-order valence-electron chi connectivity index (χ3n) is 4.66. The maximum atomic E-state index is 12.2. The number of ketones is 1. The van der Waals surface area contributed by atoms with Crippen molar-refractivity contribution < 1.29 is 13.2 Å². The predicted octanol–water partition coefficient (Wildman–Crippen LogP) is 3.35. The predicted molar refractivity (Wildman–Crippen MR) is 101 cm³/mol. The molecule has 0 N–H and O–H groups in total. The number of Topliss-reactive ketones (excluding diaryl/α,β-unsaturated/α-hetero) is 1. The van der Waals surface area contributed by atoms with E-state index in [0.717, 1.165) is 29.4 Å². The summed E-state index contributed by atoms with van der Waals surface area (Å²) in [5, 5.41) is 1.34. The Hall–Kier alpha value is -1.66. The topological polar surface area (TPSA) is 67.3 Å². The molecule has 7 heteroatoms. The highest BCUT2D eigenvalue weighted by atomic mass is 35.5. The Morgan fingerprint density at radius 3 is 2.64 bits per heavy atom. The summed E-state index contributed by atoms with van der Waals surface area (Å²) in [6.07, 6.45) is 4.54. The largest absolute Gasteiger partial charge is 0.369 e. The Bertz CT molecular complexity index is 919. The molecule has 0 unspecified atom stereocenters. The van der Waals surface area contributed by atoms with Gasteiger partial charge in [-0.1, -0.05) is 11.6 Å². The van der Waals surface area contributed by atoms with Crippen molar-refractivity contribution in [1.82, 2.24) is 4.98 Å². The van der Waals surface area contributed by atoms with Gasteiger partial charge in [-0.05, 0) is 43.9 Å². The minimum absolute atomic E-state index is 0.0530. The number of rotatable bonds is 4. The SMILES string of the molecule is CC(=O)c1cc(Cl)c2cccnc2c1N1CCC(CS(C)(=O)=O)CC1. The zero-order valence-corrected chi connectivity index (χ0v) is 15.9. The van der Waals surface area contributed by atoms with Crippen molar-refractivity contribution in [2.45, 2.75) is 19.8 Å². The van der Waals surface area contributed by atoms with E-state index in [0.29, 0.717) is 23.7 Å². The molecule has 0 radical (unpaired) electrons. The molecule has 25 heavy (non-hydrogen) atoms. The quantitative estimate of drug-likeness (QED) is 0.761. The maximum absolute atomic E-state index is 12.2. The Labute approximate surface area is 152 Å². The molecular weight excluding hydrogens is 360 g/mol. The number of anilines is 1. The van der Waals surface area contributed by atoms with Crippen LogP contribution in [0.4, 0.5) is 5.69 Å². The number of carbonyl (C=O) groups is 1. The summed E-state index contributed by atoms with van der Waals surface area (Å²) in [6, 6.07) is 5.43. The number of aromatic nitrogens is 1. The van der Waals surface area contributed by atoms with Gasteiger partial charge >= 0.3 is 0 Å². The highest BCUT2D eigenvalue weighted by Crippen LogP contribution is 2.36. The third-order valence-corrected chi connectivity index (χ3v) is 6.05. The number of sulfone groups is 1. The number of benzene rings is 1. The maximum Gasteiger partial charge on any atom is 0.162 e. The summed E-state index contributed by atoms with van der Waals surface area (Å²) in [6.45, 7) is 2.93. The van der Waals surface area contributed by atoms with Crippen LogP contribution in [0.3, 0.4) is 0 Å². The van der Waals surface area contributed by atoms with Gasteiger partial charge in [-0.2, -0.15) is 0 Å². The second-order valence-corrected chi connectivity index (χ2v) is 9.33. The Morgan fingerprint density at radius 1 is 1.36 bits per heavy atom. The molecule has 0 saturated carbocycles. The number of pyridine rings is 1. The number of nitrogens with zero attached hydrogens (tertiary/aromatic N) is 2. The van der Waals surface area contributed by atoms with Crippen LogP contribution in [-0.2, 0) is 9.84 Å². The summed E-state index contributed by atoms with van der Waals surface area (Å²) < 4.78 is 23.0. The molecule has 2 heterocycles. The van der Waals surface area contributed by atoms with E-state index in [1.165, 1.54) is 13.2 Å². The van der Waals surface area contributed by atoms with Gasteiger partial charge in [-0.3, -0.25) is 9.78 Å². The molecule has 0 bridgehead atoms. The van der Waals surface area contributed by atoms with Crippen molar-refractivity contribution in [2.24, 2.45) is 5.92 Å². The zero-order chi connectivity index (χ0) is 18.2. The summed E-state index contributed by atoms with van der Waals surface area (Å²) in [5.41, 5.74) is 2.10. The summed E-state index contributed by atoms with van der Waals surface area (Å²) in [7, 11) is -2.97. The Balaban J connectivity index is 1.97. The van der Waals surface area contributed by atoms with Gasteiger partial charge in [0.05, 0.1) is 22.0 Å². The van der Waals surface area contributed by atoms with E-state index in [4.69, 9.17) is 11.6 Å². The lowest BCUT2D eigenvalue weighted by Gasteiger charge is -2.34. The lowest BCUT2D eigenvalue weighted by Crippen LogP contribution is -2.36. The van der Waals surface area contributed by atoms with Crippen molar-refractivity contribution in [3.05, 3.63) is 35.0 Å². The number of hydrogen-bond acceptors (Lipinski definition) is 5. The minimum atomic E-state index is -2.97. The number of carbonyl (C=O) groups excluding carboxylic acids is 1. The lowest BCUT2D eigenvalue weighted by atomic mass is 9.96. The second kappa shape index (κ2) is 6.92. The van der Waals surface area contributed by atoms with Gasteiger partial charge in [0.1, 0.15) is 9.84 Å². The molecule has 1 aliphatic heterocycles. The summed E-state index contributed by atoms with van der Waals surface area (Å²) in [5.74, 6) is 0.335. The molecular formula is C18H21ClN2O3S. The lowest BCUT2D eigenvalue weighted by molar-refractivity contribution is 0.101. The van der Waals surface area contributed by atoms with Crippen LogP contribution in [0.15, 0.2) is 24.4 Å². The zero-order valence-electron chi connectivity index (χ0n) is 14.3. The van der Waals surface area contributed by atoms with E-state index in [1.54, 1.807) is 12.3 Å². The normalized spacial score (nSPS) is 16.4. The second-order valence-electron chi connectivity index (χ2n) is 6.73. The van der Waals surface area contributed by atoms with Crippen LogP contribution in [0.5, 0.6) is 0 Å². The van der Waals surface area contributed by atoms with E-state index in [9.17, 15) is 13.2 Å².